The van der Waals surface area contributed by atoms with Crippen molar-refractivity contribution in [3.05, 3.63) is 93.9 Å². The van der Waals surface area contributed by atoms with Crippen molar-refractivity contribution in [2.24, 2.45) is 0 Å². The van der Waals surface area contributed by atoms with Gasteiger partial charge in [-0.3, -0.25) is 9.59 Å². The maximum Gasteiger partial charge on any atom is 0.272 e. The molecule has 1 aliphatic heterocycles. The summed E-state index contributed by atoms with van der Waals surface area (Å²) in [7, 11) is -2.36. The van der Waals surface area contributed by atoms with Crippen molar-refractivity contribution in [2.75, 3.05) is 19.0 Å². The maximum atomic E-state index is 13.4. The van der Waals surface area contributed by atoms with Crippen LogP contribution in [0.1, 0.15) is 16.8 Å². The van der Waals surface area contributed by atoms with Crippen molar-refractivity contribution in [3.8, 4) is 5.75 Å². The molecule has 0 fully saturated rings. The van der Waals surface area contributed by atoms with E-state index in [4.69, 9.17) is 4.74 Å². The number of aromatic nitrogens is 2. The average molecular weight is 505 g/mol. The van der Waals surface area contributed by atoms with Crippen LogP contribution in [0, 0.1) is 0 Å². The molecular formula is C26H24N4O5S. The van der Waals surface area contributed by atoms with E-state index in [0.29, 0.717) is 35.2 Å². The van der Waals surface area contributed by atoms with Gasteiger partial charge in [0.15, 0.2) is 0 Å². The number of hydrogen-bond donors (Lipinski definition) is 2. The van der Waals surface area contributed by atoms with Crippen molar-refractivity contribution >= 4 is 32.4 Å². The number of carbonyl (C=O) groups is 1. The van der Waals surface area contributed by atoms with Crippen LogP contribution >= 0.6 is 0 Å². The largest absolute Gasteiger partial charge is 0.495 e. The van der Waals surface area contributed by atoms with Gasteiger partial charge in [-0.05, 0) is 41.8 Å². The van der Waals surface area contributed by atoms with Crippen LogP contribution in [0.5, 0.6) is 5.75 Å². The zero-order valence-corrected chi connectivity index (χ0v) is 20.3. The van der Waals surface area contributed by atoms with Crippen LogP contribution in [-0.4, -0.2) is 42.5 Å². The summed E-state index contributed by atoms with van der Waals surface area (Å²) in [6.45, 7) is 0.662. The summed E-state index contributed by atoms with van der Waals surface area (Å²) >= 11 is 0. The van der Waals surface area contributed by atoms with Gasteiger partial charge in [0, 0.05) is 18.5 Å². The van der Waals surface area contributed by atoms with Gasteiger partial charge in [-0.1, -0.05) is 42.5 Å². The van der Waals surface area contributed by atoms with E-state index >= 15 is 0 Å². The summed E-state index contributed by atoms with van der Waals surface area (Å²) in [5, 5.41) is 10.2. The van der Waals surface area contributed by atoms with Crippen LogP contribution in [0.15, 0.2) is 76.4 Å². The highest BCUT2D eigenvalue weighted by molar-refractivity contribution is 7.89. The lowest BCUT2D eigenvalue weighted by Crippen LogP contribution is -2.36. The van der Waals surface area contributed by atoms with Crippen LogP contribution in [0.3, 0.4) is 0 Å². The fourth-order valence-corrected chi connectivity index (χ4v) is 5.87. The SMILES string of the molecule is COc1ccc(S(=O)(=O)N2CCc3ccccc3C2)cc1NC(=O)Cc1n[nH]c(=O)c2ccccc12. The number of benzene rings is 3. The molecule has 9 nitrogen and oxygen atoms in total. The molecule has 10 heteroatoms. The predicted octanol–water partition coefficient (Wildman–Crippen LogP) is 2.86. The summed E-state index contributed by atoms with van der Waals surface area (Å²) in [6, 6.07) is 19.1. The van der Waals surface area contributed by atoms with E-state index in [1.54, 1.807) is 24.3 Å². The van der Waals surface area contributed by atoms with Gasteiger partial charge in [-0.15, -0.1) is 0 Å². The first-order chi connectivity index (χ1) is 17.4. The molecule has 0 saturated heterocycles. The van der Waals surface area contributed by atoms with E-state index in [9.17, 15) is 18.0 Å². The first-order valence-corrected chi connectivity index (χ1v) is 12.8. The predicted molar refractivity (Wildman–Crippen MR) is 135 cm³/mol. The monoisotopic (exact) mass is 504 g/mol. The Labute approximate surface area is 207 Å². The number of fused-ring (bicyclic) bond motifs is 2. The van der Waals surface area contributed by atoms with Crippen molar-refractivity contribution in [3.63, 3.8) is 0 Å². The minimum absolute atomic E-state index is 0.0607. The molecule has 1 aromatic heterocycles. The van der Waals surface area contributed by atoms with Gasteiger partial charge in [0.25, 0.3) is 5.56 Å². The fourth-order valence-electron chi connectivity index (χ4n) is 4.42. The molecule has 0 aliphatic carbocycles. The molecule has 0 spiro atoms. The number of nitrogens with one attached hydrogen (secondary N) is 2. The number of ether oxygens (including phenoxy) is 1. The van der Waals surface area contributed by atoms with Gasteiger partial charge < -0.3 is 10.1 Å². The lowest BCUT2D eigenvalue weighted by Gasteiger charge is -2.28. The number of methoxy groups -OCH3 is 1. The molecule has 4 aromatic rings. The Morgan fingerprint density at radius 1 is 1.06 bits per heavy atom. The molecule has 0 saturated carbocycles. The zero-order chi connectivity index (χ0) is 25.3. The van der Waals surface area contributed by atoms with E-state index in [-0.39, 0.29) is 29.1 Å². The third-order valence-electron chi connectivity index (χ3n) is 6.28. The van der Waals surface area contributed by atoms with Gasteiger partial charge >= 0.3 is 0 Å². The number of sulfonamides is 1. The first-order valence-electron chi connectivity index (χ1n) is 11.4. The Kier molecular flexibility index (Phi) is 6.29. The van der Waals surface area contributed by atoms with Crippen molar-refractivity contribution in [1.29, 1.82) is 0 Å². The fraction of sp³-hybridized carbons (Fsp3) is 0.192. The second-order valence-electron chi connectivity index (χ2n) is 8.49. The van der Waals surface area contributed by atoms with Crippen molar-refractivity contribution in [1.82, 2.24) is 14.5 Å². The van der Waals surface area contributed by atoms with Gasteiger partial charge in [0.2, 0.25) is 15.9 Å². The molecule has 0 unspecified atom stereocenters. The molecule has 2 N–H and O–H groups in total. The summed E-state index contributed by atoms with van der Waals surface area (Å²) < 4.78 is 33.7. The summed E-state index contributed by atoms with van der Waals surface area (Å²) in [4.78, 5) is 25.0. The van der Waals surface area contributed by atoms with E-state index < -0.39 is 15.9 Å². The van der Waals surface area contributed by atoms with E-state index in [1.807, 2.05) is 24.3 Å². The molecule has 184 valence electrons. The van der Waals surface area contributed by atoms with Gasteiger partial charge in [0.05, 0.1) is 35.2 Å². The molecule has 0 radical (unpaired) electrons. The van der Waals surface area contributed by atoms with Crippen molar-refractivity contribution in [2.45, 2.75) is 24.3 Å². The summed E-state index contributed by atoms with van der Waals surface area (Å²) in [5.74, 6) is -0.106. The molecule has 0 bridgehead atoms. The van der Waals surface area contributed by atoms with E-state index in [1.165, 1.54) is 29.6 Å². The molecule has 36 heavy (non-hydrogen) atoms. The van der Waals surface area contributed by atoms with E-state index in [0.717, 1.165) is 11.1 Å². The van der Waals surface area contributed by atoms with Crippen LogP contribution < -0.4 is 15.6 Å². The van der Waals surface area contributed by atoms with Crippen molar-refractivity contribution < 1.29 is 17.9 Å². The molecular weight excluding hydrogens is 480 g/mol. The highest BCUT2D eigenvalue weighted by atomic mass is 32.2. The Balaban J connectivity index is 1.40. The van der Waals surface area contributed by atoms with Gasteiger partial charge in [-0.2, -0.15) is 9.40 Å². The normalized spacial score (nSPS) is 13.8. The Bertz CT molecular complexity index is 1630. The number of rotatable bonds is 6. The lowest BCUT2D eigenvalue weighted by molar-refractivity contribution is -0.115. The average Bonchev–Trinajstić information content (AvgIpc) is 2.90. The number of H-pyrrole nitrogens is 1. The molecule has 0 atom stereocenters. The third kappa shape index (κ3) is 4.48. The Morgan fingerprint density at radius 2 is 1.78 bits per heavy atom. The zero-order valence-electron chi connectivity index (χ0n) is 19.5. The third-order valence-corrected chi connectivity index (χ3v) is 8.12. The second kappa shape index (κ2) is 9.56. The van der Waals surface area contributed by atoms with Crippen LogP contribution in [-0.2, 0) is 34.2 Å². The highest BCUT2D eigenvalue weighted by Crippen LogP contribution is 2.31. The van der Waals surface area contributed by atoms with Crippen LogP contribution in [0.25, 0.3) is 10.8 Å². The molecule has 1 amide bonds. The van der Waals surface area contributed by atoms with Gasteiger partial charge in [-0.25, -0.2) is 13.5 Å². The highest BCUT2D eigenvalue weighted by Gasteiger charge is 2.29. The Hall–Kier alpha value is -4.02. The number of hydrogen-bond acceptors (Lipinski definition) is 6. The number of nitrogens with zero attached hydrogens (tertiary/aromatic N) is 2. The molecule has 2 heterocycles. The molecule has 3 aromatic carbocycles. The quantitative estimate of drug-likeness (QED) is 0.417. The van der Waals surface area contributed by atoms with Gasteiger partial charge in [0.1, 0.15) is 5.75 Å². The smallest absolute Gasteiger partial charge is 0.272 e. The lowest BCUT2D eigenvalue weighted by atomic mass is 10.0. The minimum atomic E-state index is -3.81. The van der Waals surface area contributed by atoms with E-state index in [2.05, 4.69) is 15.5 Å². The number of anilines is 1. The summed E-state index contributed by atoms with van der Waals surface area (Å²) in [6.07, 6.45) is 0.510. The number of carbonyl (C=O) groups excluding carboxylic acids is 1. The van der Waals surface area contributed by atoms with Crippen LogP contribution in [0.4, 0.5) is 5.69 Å². The van der Waals surface area contributed by atoms with Crippen LogP contribution in [0.2, 0.25) is 0 Å². The number of aromatic amines is 1. The topological polar surface area (TPSA) is 121 Å². The minimum Gasteiger partial charge on any atom is -0.495 e. The Morgan fingerprint density at radius 3 is 2.56 bits per heavy atom. The molecule has 1 aliphatic rings. The maximum absolute atomic E-state index is 13.4. The first kappa shape index (κ1) is 23.7. The standard InChI is InChI=1S/C26H24N4O5S/c1-35-24-11-10-19(36(33,34)30-13-12-17-6-2-3-7-18(17)16-30)14-23(24)27-25(31)15-22-20-8-4-5-9-21(20)26(32)29-28-22/h2-11,14H,12-13,15-16H2,1H3,(H,27,31)(H,29,32). The second-order valence-corrected chi connectivity index (χ2v) is 10.4. The molecule has 5 rings (SSSR count). The number of amides is 1. The summed E-state index contributed by atoms with van der Waals surface area (Å²) in [5.41, 5.74) is 2.42.